The summed E-state index contributed by atoms with van der Waals surface area (Å²) in [4.78, 5) is 11.9. The molecule has 1 N–H and O–H groups in total. The average Bonchev–Trinajstić information content (AvgIpc) is 3.30. The maximum absolute atomic E-state index is 5.69. The number of aryl methyl sites for hydroxylation is 2. The first-order valence-corrected chi connectivity index (χ1v) is 9.21. The predicted octanol–water partition coefficient (Wildman–Crippen LogP) is 2.81. The molecule has 3 aromatic rings. The fraction of sp³-hybridized carbons (Fsp3) is 0.562. The Labute approximate surface area is 137 Å². The molecule has 2 aliphatic rings. The number of fused-ring (bicyclic) bond motifs is 5. The van der Waals surface area contributed by atoms with E-state index >= 15 is 0 Å². The molecule has 23 heavy (non-hydrogen) atoms. The van der Waals surface area contributed by atoms with E-state index in [0.29, 0.717) is 0 Å². The normalized spacial score (nSPS) is 21.1. The van der Waals surface area contributed by atoms with Gasteiger partial charge < -0.3 is 10.1 Å². The van der Waals surface area contributed by atoms with Gasteiger partial charge in [0.2, 0.25) is 5.95 Å². The van der Waals surface area contributed by atoms with Crippen molar-refractivity contribution >= 4 is 33.1 Å². The lowest BCUT2D eigenvalue weighted by molar-refractivity contribution is 0.120. The molecule has 120 valence electrons. The molecule has 1 atom stereocenters. The van der Waals surface area contributed by atoms with Gasteiger partial charge in [-0.1, -0.05) is 0 Å². The van der Waals surface area contributed by atoms with Crippen LogP contribution in [-0.4, -0.2) is 38.8 Å². The topological polar surface area (TPSA) is 64.3 Å². The lowest BCUT2D eigenvalue weighted by Crippen LogP contribution is -2.20. The Balaban J connectivity index is 1.60. The molecule has 5 rings (SSSR count). The Morgan fingerprint density at radius 2 is 2.26 bits per heavy atom. The van der Waals surface area contributed by atoms with E-state index in [1.165, 1.54) is 35.1 Å². The Morgan fingerprint density at radius 3 is 3.17 bits per heavy atom. The molecule has 1 saturated heterocycles. The molecule has 7 heteroatoms. The summed E-state index contributed by atoms with van der Waals surface area (Å²) in [5.41, 5.74) is 2.39. The fourth-order valence-corrected chi connectivity index (χ4v) is 4.95. The minimum atomic E-state index is 0.280. The second-order valence-electron chi connectivity index (χ2n) is 6.34. The molecule has 0 unspecified atom stereocenters. The van der Waals surface area contributed by atoms with Crippen molar-refractivity contribution in [3.8, 4) is 0 Å². The summed E-state index contributed by atoms with van der Waals surface area (Å²) in [5, 5.41) is 9.02. The first kappa shape index (κ1) is 13.7. The van der Waals surface area contributed by atoms with Gasteiger partial charge in [0, 0.05) is 18.0 Å². The smallest absolute Gasteiger partial charge is 0.227 e. The van der Waals surface area contributed by atoms with E-state index in [0.717, 1.165) is 48.8 Å². The van der Waals surface area contributed by atoms with Crippen LogP contribution in [0.4, 0.5) is 5.95 Å². The van der Waals surface area contributed by atoms with Gasteiger partial charge in [0.15, 0.2) is 5.65 Å². The first-order chi connectivity index (χ1) is 11.4. The minimum absolute atomic E-state index is 0.280. The molecule has 4 heterocycles. The summed E-state index contributed by atoms with van der Waals surface area (Å²) in [5.74, 6) is 0.777. The van der Waals surface area contributed by atoms with E-state index in [-0.39, 0.29) is 6.10 Å². The fourth-order valence-electron chi connectivity index (χ4n) is 3.70. The quantitative estimate of drug-likeness (QED) is 0.800. The van der Waals surface area contributed by atoms with Gasteiger partial charge in [-0.05, 0) is 44.1 Å². The van der Waals surface area contributed by atoms with Gasteiger partial charge in [-0.2, -0.15) is 9.61 Å². The summed E-state index contributed by atoms with van der Waals surface area (Å²) in [7, 11) is 0. The molecule has 0 aromatic carbocycles. The molecule has 1 fully saturated rings. The number of aromatic nitrogens is 4. The van der Waals surface area contributed by atoms with Crippen molar-refractivity contribution in [1.82, 2.24) is 19.6 Å². The van der Waals surface area contributed by atoms with Crippen molar-refractivity contribution in [2.24, 2.45) is 0 Å². The third-order valence-corrected chi connectivity index (χ3v) is 6.03. The Kier molecular flexibility index (Phi) is 3.22. The number of thiophene rings is 1. The van der Waals surface area contributed by atoms with Gasteiger partial charge in [0.1, 0.15) is 11.2 Å². The van der Waals surface area contributed by atoms with Crippen LogP contribution < -0.4 is 5.32 Å². The van der Waals surface area contributed by atoms with E-state index in [1.54, 1.807) is 6.33 Å². The van der Waals surface area contributed by atoms with Crippen molar-refractivity contribution in [1.29, 1.82) is 0 Å². The Morgan fingerprint density at radius 1 is 1.30 bits per heavy atom. The van der Waals surface area contributed by atoms with E-state index in [4.69, 9.17) is 9.72 Å². The second kappa shape index (κ2) is 5.42. The highest BCUT2D eigenvalue weighted by Gasteiger charge is 2.22. The van der Waals surface area contributed by atoms with Gasteiger partial charge in [-0.25, -0.2) is 9.97 Å². The summed E-state index contributed by atoms with van der Waals surface area (Å²) >= 11 is 1.83. The number of nitrogens with one attached hydrogen (secondary N) is 1. The Hall–Kier alpha value is -1.73. The number of hydrogen-bond acceptors (Lipinski definition) is 6. The van der Waals surface area contributed by atoms with Crippen molar-refractivity contribution in [2.45, 2.75) is 44.6 Å². The largest absolute Gasteiger partial charge is 0.376 e. The first-order valence-electron chi connectivity index (χ1n) is 8.39. The summed E-state index contributed by atoms with van der Waals surface area (Å²) in [6.45, 7) is 1.65. The highest BCUT2D eigenvalue weighted by Crippen LogP contribution is 2.37. The number of rotatable bonds is 3. The maximum atomic E-state index is 5.69. The minimum Gasteiger partial charge on any atom is -0.376 e. The summed E-state index contributed by atoms with van der Waals surface area (Å²) in [6.07, 6.45) is 9.03. The van der Waals surface area contributed by atoms with Crippen molar-refractivity contribution < 1.29 is 4.74 Å². The molecular weight excluding hydrogens is 310 g/mol. The second-order valence-corrected chi connectivity index (χ2v) is 7.42. The monoisotopic (exact) mass is 329 g/mol. The zero-order chi connectivity index (χ0) is 15.2. The third kappa shape index (κ3) is 2.21. The molecule has 0 radical (unpaired) electrons. The molecule has 1 aliphatic carbocycles. The van der Waals surface area contributed by atoms with Crippen LogP contribution in [0.15, 0.2) is 6.33 Å². The van der Waals surface area contributed by atoms with Crippen LogP contribution in [0.5, 0.6) is 0 Å². The zero-order valence-corrected chi connectivity index (χ0v) is 13.7. The van der Waals surface area contributed by atoms with Crippen molar-refractivity contribution in [2.75, 3.05) is 18.5 Å². The molecule has 0 saturated carbocycles. The SMILES string of the molecule is c1nc2c3c4c(sc3nc(NC[C@@H]3CCCO3)n2n1)CCCC4. The van der Waals surface area contributed by atoms with Gasteiger partial charge in [0.05, 0.1) is 11.5 Å². The lowest BCUT2D eigenvalue weighted by Gasteiger charge is -2.13. The standard InChI is InChI=1S/C16H19N5OS/c1-2-6-12-11(5-1)13-14-18-9-19-21(14)16(20-15(13)23-12)17-8-10-4-3-7-22-10/h9-10H,1-8H2,(H,17,20)/t10-/m0/s1. The van der Waals surface area contributed by atoms with E-state index < -0.39 is 0 Å². The molecule has 6 nitrogen and oxygen atoms in total. The number of ether oxygens (including phenoxy) is 1. The van der Waals surface area contributed by atoms with Crippen LogP contribution in [0.3, 0.4) is 0 Å². The van der Waals surface area contributed by atoms with E-state index in [9.17, 15) is 0 Å². The number of nitrogens with zero attached hydrogens (tertiary/aromatic N) is 4. The van der Waals surface area contributed by atoms with Crippen LogP contribution in [0.1, 0.15) is 36.1 Å². The molecule has 0 amide bonds. The van der Waals surface area contributed by atoms with Crippen LogP contribution in [0, 0.1) is 0 Å². The highest BCUT2D eigenvalue weighted by atomic mass is 32.1. The number of anilines is 1. The third-order valence-electron chi connectivity index (χ3n) is 4.84. The van der Waals surface area contributed by atoms with E-state index in [2.05, 4.69) is 15.4 Å². The van der Waals surface area contributed by atoms with Crippen LogP contribution in [0.25, 0.3) is 15.9 Å². The maximum Gasteiger partial charge on any atom is 0.227 e. The molecule has 0 spiro atoms. The Bertz CT molecular complexity index is 864. The van der Waals surface area contributed by atoms with Gasteiger partial charge in [-0.3, -0.25) is 0 Å². The van der Waals surface area contributed by atoms with Crippen molar-refractivity contribution in [3.63, 3.8) is 0 Å². The molecular formula is C16H19N5OS. The van der Waals surface area contributed by atoms with Gasteiger partial charge >= 0.3 is 0 Å². The number of hydrogen-bond donors (Lipinski definition) is 1. The highest BCUT2D eigenvalue weighted by molar-refractivity contribution is 7.19. The van der Waals surface area contributed by atoms with E-state index in [1.807, 2.05) is 15.9 Å². The average molecular weight is 329 g/mol. The molecule has 1 aliphatic heterocycles. The van der Waals surface area contributed by atoms with Crippen LogP contribution in [-0.2, 0) is 17.6 Å². The predicted molar refractivity (Wildman–Crippen MR) is 90.3 cm³/mol. The van der Waals surface area contributed by atoms with Crippen molar-refractivity contribution in [3.05, 3.63) is 16.8 Å². The summed E-state index contributed by atoms with van der Waals surface area (Å²) < 4.78 is 7.54. The molecule has 3 aromatic heterocycles. The van der Waals surface area contributed by atoms with Gasteiger partial charge in [-0.15, -0.1) is 11.3 Å². The van der Waals surface area contributed by atoms with Crippen LogP contribution >= 0.6 is 11.3 Å². The zero-order valence-electron chi connectivity index (χ0n) is 12.9. The summed E-state index contributed by atoms with van der Waals surface area (Å²) in [6, 6.07) is 0. The van der Waals surface area contributed by atoms with Gasteiger partial charge in [0.25, 0.3) is 0 Å². The lowest BCUT2D eigenvalue weighted by atomic mass is 9.97. The van der Waals surface area contributed by atoms with Crippen LogP contribution in [0.2, 0.25) is 0 Å². The molecule has 0 bridgehead atoms.